The molecule has 0 bridgehead atoms. The lowest BCUT2D eigenvalue weighted by Gasteiger charge is -2.08. The van der Waals surface area contributed by atoms with E-state index in [1.54, 1.807) is 0 Å². The average Bonchev–Trinajstić information content (AvgIpc) is 3.38. The van der Waals surface area contributed by atoms with Crippen molar-refractivity contribution in [1.29, 1.82) is 0 Å². The van der Waals surface area contributed by atoms with E-state index in [9.17, 15) is 14.4 Å². The number of fused-ring (bicyclic) bond motifs is 2. The minimum atomic E-state index is -0.538. The van der Waals surface area contributed by atoms with E-state index in [4.69, 9.17) is 4.74 Å². The van der Waals surface area contributed by atoms with Gasteiger partial charge in [0, 0.05) is 17.7 Å². The molecule has 0 saturated heterocycles. The van der Waals surface area contributed by atoms with E-state index in [-0.39, 0.29) is 31.1 Å². The van der Waals surface area contributed by atoms with Crippen LogP contribution in [0.25, 0.3) is 0 Å². The van der Waals surface area contributed by atoms with E-state index >= 15 is 0 Å². The van der Waals surface area contributed by atoms with E-state index in [1.807, 2.05) is 36.4 Å². The zero-order valence-corrected chi connectivity index (χ0v) is 16.5. The Morgan fingerprint density at radius 1 is 0.793 bits per heavy atom. The number of ether oxygens (including phenoxy) is 1. The standard InChI is InChI=1S/C24H25NO4/c26-22(20-8-7-16-3-1-5-18(16)13-20)11-12-24(28)29-15-23(27)25-21-10-9-17-4-2-6-19(17)14-21/h7-10,13-14H,1-6,11-12,15H2,(H,25,27). The summed E-state index contributed by atoms with van der Waals surface area (Å²) in [5.74, 6) is -0.982. The van der Waals surface area contributed by atoms with Crippen LogP contribution in [0.4, 0.5) is 5.69 Å². The highest BCUT2D eigenvalue weighted by Gasteiger charge is 2.16. The highest BCUT2D eigenvalue weighted by molar-refractivity contribution is 5.98. The number of hydrogen-bond donors (Lipinski definition) is 1. The summed E-state index contributed by atoms with van der Waals surface area (Å²) in [6.45, 7) is -0.344. The molecule has 0 spiro atoms. The van der Waals surface area contributed by atoms with Crippen molar-refractivity contribution in [3.8, 4) is 0 Å². The normalized spacial score (nSPS) is 14.2. The number of esters is 1. The fraction of sp³-hybridized carbons (Fsp3) is 0.375. The second-order valence-electron chi connectivity index (χ2n) is 7.81. The maximum absolute atomic E-state index is 12.3. The van der Waals surface area contributed by atoms with Gasteiger partial charge in [0.25, 0.3) is 5.91 Å². The minimum Gasteiger partial charge on any atom is -0.456 e. The summed E-state index contributed by atoms with van der Waals surface area (Å²) >= 11 is 0. The van der Waals surface area contributed by atoms with Crippen molar-refractivity contribution in [2.45, 2.75) is 51.4 Å². The monoisotopic (exact) mass is 391 g/mol. The van der Waals surface area contributed by atoms with Crippen LogP contribution in [-0.2, 0) is 40.0 Å². The second-order valence-corrected chi connectivity index (χ2v) is 7.81. The molecule has 2 aromatic rings. The van der Waals surface area contributed by atoms with Gasteiger partial charge in [-0.25, -0.2) is 0 Å². The van der Waals surface area contributed by atoms with Gasteiger partial charge in [-0.05, 0) is 79.0 Å². The highest BCUT2D eigenvalue weighted by Crippen LogP contribution is 2.25. The number of anilines is 1. The molecule has 2 aliphatic carbocycles. The third-order valence-electron chi connectivity index (χ3n) is 5.72. The summed E-state index contributed by atoms with van der Waals surface area (Å²) in [4.78, 5) is 36.3. The van der Waals surface area contributed by atoms with Crippen LogP contribution < -0.4 is 5.32 Å². The third-order valence-corrected chi connectivity index (χ3v) is 5.72. The lowest BCUT2D eigenvalue weighted by Crippen LogP contribution is -2.21. The Bertz CT molecular complexity index is 963. The molecule has 0 aromatic heterocycles. The molecule has 0 unspecified atom stereocenters. The smallest absolute Gasteiger partial charge is 0.306 e. The largest absolute Gasteiger partial charge is 0.456 e. The van der Waals surface area contributed by atoms with Crippen molar-refractivity contribution >= 4 is 23.3 Å². The zero-order chi connectivity index (χ0) is 20.2. The van der Waals surface area contributed by atoms with Crippen molar-refractivity contribution in [2.75, 3.05) is 11.9 Å². The Labute approximate surface area is 170 Å². The molecule has 5 nitrogen and oxygen atoms in total. The summed E-state index contributed by atoms with van der Waals surface area (Å²) in [7, 11) is 0. The summed E-state index contributed by atoms with van der Waals surface area (Å²) in [5.41, 5.74) is 6.52. The molecule has 1 amide bonds. The van der Waals surface area contributed by atoms with Crippen LogP contribution in [-0.4, -0.2) is 24.3 Å². The molecule has 0 radical (unpaired) electrons. The summed E-state index contributed by atoms with van der Waals surface area (Å²) < 4.78 is 5.03. The zero-order valence-electron chi connectivity index (χ0n) is 16.5. The lowest BCUT2D eigenvalue weighted by atomic mass is 10.0. The van der Waals surface area contributed by atoms with Crippen LogP contribution in [0, 0.1) is 0 Å². The lowest BCUT2D eigenvalue weighted by molar-refractivity contribution is -0.147. The van der Waals surface area contributed by atoms with Gasteiger partial charge >= 0.3 is 5.97 Å². The topological polar surface area (TPSA) is 72.5 Å². The molecule has 150 valence electrons. The Balaban J connectivity index is 1.20. The van der Waals surface area contributed by atoms with Crippen molar-refractivity contribution in [1.82, 2.24) is 0 Å². The molecule has 2 aliphatic rings. The number of benzene rings is 2. The molecule has 5 heteroatoms. The van der Waals surface area contributed by atoms with E-state index < -0.39 is 5.97 Å². The van der Waals surface area contributed by atoms with Gasteiger partial charge in [-0.1, -0.05) is 18.2 Å². The Kier molecular flexibility index (Phi) is 5.74. The number of Topliss-reactive ketones (excluding diaryl/α,β-unsaturated/α-hetero) is 1. The van der Waals surface area contributed by atoms with E-state index in [0.717, 1.165) is 44.2 Å². The molecule has 4 rings (SSSR count). The number of carbonyl (C=O) groups is 3. The van der Waals surface area contributed by atoms with Crippen molar-refractivity contribution in [3.05, 3.63) is 64.2 Å². The molecule has 0 heterocycles. The van der Waals surface area contributed by atoms with Crippen molar-refractivity contribution in [3.63, 3.8) is 0 Å². The van der Waals surface area contributed by atoms with Gasteiger partial charge in [0.15, 0.2) is 12.4 Å². The molecule has 0 aliphatic heterocycles. The van der Waals surface area contributed by atoms with Crippen LogP contribution in [0.3, 0.4) is 0 Å². The average molecular weight is 391 g/mol. The van der Waals surface area contributed by atoms with E-state index in [1.165, 1.54) is 22.3 Å². The molecule has 0 fully saturated rings. The van der Waals surface area contributed by atoms with Gasteiger partial charge in [0.05, 0.1) is 6.42 Å². The Morgan fingerprint density at radius 2 is 1.45 bits per heavy atom. The Hall–Kier alpha value is -2.95. The predicted octanol–water partition coefficient (Wildman–Crippen LogP) is 3.81. The highest BCUT2D eigenvalue weighted by atomic mass is 16.5. The minimum absolute atomic E-state index is 0.0258. The summed E-state index contributed by atoms with van der Waals surface area (Å²) in [5, 5.41) is 2.76. The molecular weight excluding hydrogens is 366 g/mol. The number of rotatable bonds is 7. The number of nitrogens with one attached hydrogen (secondary N) is 1. The van der Waals surface area contributed by atoms with Crippen molar-refractivity contribution < 1.29 is 19.1 Å². The number of carbonyl (C=O) groups excluding carboxylic acids is 3. The first-order valence-corrected chi connectivity index (χ1v) is 10.3. The van der Waals surface area contributed by atoms with Gasteiger partial charge in [-0.2, -0.15) is 0 Å². The summed E-state index contributed by atoms with van der Waals surface area (Å²) in [6, 6.07) is 11.7. The van der Waals surface area contributed by atoms with Crippen LogP contribution in [0.2, 0.25) is 0 Å². The maximum atomic E-state index is 12.3. The van der Waals surface area contributed by atoms with Gasteiger partial charge < -0.3 is 10.1 Å². The Morgan fingerprint density at radius 3 is 2.21 bits per heavy atom. The molecule has 0 saturated carbocycles. The number of aryl methyl sites for hydroxylation is 4. The van der Waals surface area contributed by atoms with Gasteiger partial charge in [0.1, 0.15) is 0 Å². The first-order valence-electron chi connectivity index (χ1n) is 10.3. The van der Waals surface area contributed by atoms with E-state index in [2.05, 4.69) is 5.32 Å². The van der Waals surface area contributed by atoms with Crippen LogP contribution in [0.15, 0.2) is 36.4 Å². The molecule has 0 atom stereocenters. The molecule has 1 N–H and O–H groups in total. The number of hydrogen-bond acceptors (Lipinski definition) is 4. The first kappa shape index (κ1) is 19.4. The van der Waals surface area contributed by atoms with Gasteiger partial charge in [-0.15, -0.1) is 0 Å². The molecule has 2 aromatic carbocycles. The molecular formula is C24H25NO4. The quantitative estimate of drug-likeness (QED) is 0.575. The first-order chi connectivity index (χ1) is 14.1. The predicted molar refractivity (Wildman–Crippen MR) is 110 cm³/mol. The fourth-order valence-electron chi connectivity index (χ4n) is 4.17. The van der Waals surface area contributed by atoms with Crippen LogP contribution in [0.5, 0.6) is 0 Å². The third kappa shape index (κ3) is 4.73. The van der Waals surface area contributed by atoms with Crippen LogP contribution >= 0.6 is 0 Å². The van der Waals surface area contributed by atoms with E-state index in [0.29, 0.717) is 5.56 Å². The van der Waals surface area contributed by atoms with Gasteiger partial charge in [-0.3, -0.25) is 14.4 Å². The van der Waals surface area contributed by atoms with Crippen LogP contribution in [0.1, 0.15) is 58.3 Å². The number of amides is 1. The fourth-order valence-corrected chi connectivity index (χ4v) is 4.17. The SMILES string of the molecule is O=C(COC(=O)CCC(=O)c1ccc2c(c1)CCC2)Nc1ccc2c(c1)CCC2. The maximum Gasteiger partial charge on any atom is 0.306 e. The second kappa shape index (κ2) is 8.60. The van der Waals surface area contributed by atoms with Crippen molar-refractivity contribution in [2.24, 2.45) is 0 Å². The molecule has 29 heavy (non-hydrogen) atoms. The number of ketones is 1. The van der Waals surface area contributed by atoms with Gasteiger partial charge in [0.2, 0.25) is 0 Å². The summed E-state index contributed by atoms with van der Waals surface area (Å²) in [6.07, 6.45) is 6.55.